The number of aryl methyl sites for hydroxylation is 1. The quantitative estimate of drug-likeness (QED) is 0.769. The third kappa shape index (κ3) is 3.19. The van der Waals surface area contributed by atoms with Crippen LogP contribution in [0, 0.1) is 6.92 Å². The minimum atomic E-state index is -1.04. The van der Waals surface area contributed by atoms with E-state index in [-0.39, 0.29) is 11.4 Å². The van der Waals surface area contributed by atoms with E-state index in [2.05, 4.69) is 15.3 Å². The van der Waals surface area contributed by atoms with Crippen LogP contribution in [0.2, 0.25) is 0 Å². The van der Waals surface area contributed by atoms with E-state index in [0.717, 1.165) is 0 Å². The fourth-order valence-corrected chi connectivity index (χ4v) is 1.73. The number of nitrogens with one attached hydrogen (secondary N) is 2. The SMILES string of the molecule is Cc1nc(NC(C(=O)O)c2ccccc2)cc(=O)[nH]1. The molecule has 0 bridgehead atoms. The Morgan fingerprint density at radius 1 is 1.37 bits per heavy atom. The molecule has 0 spiro atoms. The number of H-pyrrole nitrogens is 1. The monoisotopic (exact) mass is 259 g/mol. The van der Waals surface area contributed by atoms with Crippen molar-refractivity contribution >= 4 is 11.8 Å². The summed E-state index contributed by atoms with van der Waals surface area (Å²) in [6.45, 7) is 1.63. The molecule has 2 rings (SSSR count). The van der Waals surface area contributed by atoms with E-state index in [0.29, 0.717) is 11.4 Å². The maximum atomic E-state index is 11.3. The molecule has 1 atom stereocenters. The van der Waals surface area contributed by atoms with Gasteiger partial charge in [0.2, 0.25) is 0 Å². The van der Waals surface area contributed by atoms with Crippen LogP contribution in [0.5, 0.6) is 0 Å². The van der Waals surface area contributed by atoms with E-state index < -0.39 is 12.0 Å². The zero-order chi connectivity index (χ0) is 13.8. The number of anilines is 1. The summed E-state index contributed by atoms with van der Waals surface area (Å²) in [4.78, 5) is 29.2. The van der Waals surface area contributed by atoms with Crippen LogP contribution < -0.4 is 10.9 Å². The first-order chi connectivity index (χ1) is 9.06. The van der Waals surface area contributed by atoms with E-state index in [1.807, 2.05) is 0 Å². The molecular weight excluding hydrogens is 246 g/mol. The Kier molecular flexibility index (Phi) is 3.61. The average Bonchev–Trinajstić information content (AvgIpc) is 2.35. The van der Waals surface area contributed by atoms with Gasteiger partial charge in [0, 0.05) is 6.07 Å². The van der Waals surface area contributed by atoms with Crippen LogP contribution in [0.3, 0.4) is 0 Å². The van der Waals surface area contributed by atoms with Crippen molar-refractivity contribution in [1.82, 2.24) is 9.97 Å². The molecule has 19 heavy (non-hydrogen) atoms. The molecule has 0 radical (unpaired) electrons. The molecule has 3 N–H and O–H groups in total. The Hall–Kier alpha value is -2.63. The van der Waals surface area contributed by atoms with Crippen molar-refractivity contribution in [3.8, 4) is 0 Å². The van der Waals surface area contributed by atoms with E-state index in [1.54, 1.807) is 37.3 Å². The highest BCUT2D eigenvalue weighted by Crippen LogP contribution is 2.17. The zero-order valence-corrected chi connectivity index (χ0v) is 10.3. The molecule has 98 valence electrons. The van der Waals surface area contributed by atoms with E-state index >= 15 is 0 Å². The fraction of sp³-hybridized carbons (Fsp3) is 0.154. The highest BCUT2D eigenvalue weighted by molar-refractivity contribution is 5.78. The van der Waals surface area contributed by atoms with Crippen molar-refractivity contribution in [2.75, 3.05) is 5.32 Å². The smallest absolute Gasteiger partial charge is 0.330 e. The summed E-state index contributed by atoms with van der Waals surface area (Å²) < 4.78 is 0. The molecule has 1 unspecified atom stereocenters. The summed E-state index contributed by atoms with van der Waals surface area (Å²) in [5.74, 6) is -0.379. The molecule has 1 heterocycles. The first kappa shape index (κ1) is 12.8. The lowest BCUT2D eigenvalue weighted by Gasteiger charge is -2.15. The van der Waals surface area contributed by atoms with Gasteiger partial charge in [0.05, 0.1) is 0 Å². The summed E-state index contributed by atoms with van der Waals surface area (Å²) in [6.07, 6.45) is 0. The standard InChI is InChI=1S/C13H13N3O3/c1-8-14-10(7-11(17)15-8)16-12(13(18)19)9-5-3-2-4-6-9/h2-7,12H,1H3,(H,18,19)(H2,14,15,16,17). The Morgan fingerprint density at radius 3 is 2.63 bits per heavy atom. The predicted octanol–water partition coefficient (Wildman–Crippen LogP) is 1.32. The number of benzene rings is 1. The topological polar surface area (TPSA) is 95.1 Å². The Morgan fingerprint density at radius 2 is 2.05 bits per heavy atom. The van der Waals surface area contributed by atoms with Gasteiger partial charge in [0.15, 0.2) is 6.04 Å². The van der Waals surface area contributed by atoms with E-state index in [4.69, 9.17) is 0 Å². The minimum absolute atomic E-state index is 0.234. The number of aromatic amines is 1. The van der Waals surface area contributed by atoms with Crippen LogP contribution >= 0.6 is 0 Å². The van der Waals surface area contributed by atoms with Gasteiger partial charge in [-0.15, -0.1) is 0 Å². The lowest BCUT2D eigenvalue weighted by molar-refractivity contribution is -0.138. The first-order valence-corrected chi connectivity index (χ1v) is 5.68. The van der Waals surface area contributed by atoms with Gasteiger partial charge < -0.3 is 15.4 Å². The maximum absolute atomic E-state index is 11.3. The minimum Gasteiger partial charge on any atom is -0.479 e. The van der Waals surface area contributed by atoms with Crippen LogP contribution in [0.1, 0.15) is 17.4 Å². The highest BCUT2D eigenvalue weighted by atomic mass is 16.4. The lowest BCUT2D eigenvalue weighted by atomic mass is 10.1. The largest absolute Gasteiger partial charge is 0.479 e. The lowest BCUT2D eigenvalue weighted by Crippen LogP contribution is -2.22. The summed E-state index contributed by atoms with van der Waals surface area (Å²) >= 11 is 0. The van der Waals surface area contributed by atoms with Crippen LogP contribution in [-0.2, 0) is 4.79 Å². The van der Waals surface area contributed by atoms with Crippen LogP contribution in [0.25, 0.3) is 0 Å². The van der Waals surface area contributed by atoms with Crippen LogP contribution in [0.15, 0.2) is 41.2 Å². The number of rotatable bonds is 4. The number of carboxylic acids is 1. The highest BCUT2D eigenvalue weighted by Gasteiger charge is 2.19. The predicted molar refractivity (Wildman–Crippen MR) is 70.0 cm³/mol. The van der Waals surface area contributed by atoms with Gasteiger partial charge in [-0.3, -0.25) is 4.79 Å². The van der Waals surface area contributed by atoms with Gasteiger partial charge in [-0.25, -0.2) is 9.78 Å². The van der Waals surface area contributed by atoms with E-state index in [9.17, 15) is 14.7 Å². The van der Waals surface area contributed by atoms with Gasteiger partial charge >= 0.3 is 5.97 Å². The molecule has 0 fully saturated rings. The second-order valence-electron chi connectivity index (χ2n) is 4.04. The van der Waals surface area contributed by atoms with Gasteiger partial charge in [0.1, 0.15) is 11.6 Å². The molecule has 2 aromatic rings. The van der Waals surface area contributed by atoms with Crippen molar-refractivity contribution in [2.24, 2.45) is 0 Å². The van der Waals surface area contributed by atoms with E-state index in [1.165, 1.54) is 6.07 Å². The van der Waals surface area contributed by atoms with Crippen LogP contribution in [0.4, 0.5) is 5.82 Å². The Bertz CT molecular complexity index is 637. The Labute approximate surface area is 109 Å². The summed E-state index contributed by atoms with van der Waals surface area (Å²) in [6, 6.07) is 8.99. The molecule has 1 aromatic heterocycles. The molecule has 6 nitrogen and oxygen atoms in total. The Balaban J connectivity index is 2.32. The van der Waals surface area contributed by atoms with Crippen molar-refractivity contribution in [3.63, 3.8) is 0 Å². The molecule has 0 aliphatic heterocycles. The normalized spacial score (nSPS) is 11.8. The molecular formula is C13H13N3O3. The third-order valence-electron chi connectivity index (χ3n) is 2.53. The molecule has 6 heteroatoms. The van der Waals surface area contributed by atoms with Crippen molar-refractivity contribution in [2.45, 2.75) is 13.0 Å². The van der Waals surface area contributed by atoms with Crippen molar-refractivity contribution in [3.05, 3.63) is 58.1 Å². The van der Waals surface area contributed by atoms with Crippen LogP contribution in [-0.4, -0.2) is 21.0 Å². The second-order valence-corrected chi connectivity index (χ2v) is 4.04. The molecule has 0 aliphatic rings. The van der Waals surface area contributed by atoms with Gasteiger partial charge in [-0.05, 0) is 12.5 Å². The van der Waals surface area contributed by atoms with Crippen molar-refractivity contribution in [1.29, 1.82) is 0 Å². The molecule has 0 saturated heterocycles. The summed E-state index contributed by atoms with van der Waals surface area (Å²) in [5, 5.41) is 12.0. The van der Waals surface area contributed by atoms with Gasteiger partial charge in [0.25, 0.3) is 5.56 Å². The number of aliphatic carboxylic acids is 1. The number of aromatic nitrogens is 2. The van der Waals surface area contributed by atoms with Gasteiger partial charge in [-0.1, -0.05) is 30.3 Å². The molecule has 0 aliphatic carbocycles. The third-order valence-corrected chi connectivity index (χ3v) is 2.53. The zero-order valence-electron chi connectivity index (χ0n) is 10.3. The molecule has 1 aromatic carbocycles. The van der Waals surface area contributed by atoms with Crippen molar-refractivity contribution < 1.29 is 9.90 Å². The number of nitrogens with zero attached hydrogens (tertiary/aromatic N) is 1. The second kappa shape index (κ2) is 5.34. The number of hydrogen-bond donors (Lipinski definition) is 3. The van der Waals surface area contributed by atoms with Gasteiger partial charge in [-0.2, -0.15) is 0 Å². The fourth-order valence-electron chi connectivity index (χ4n) is 1.73. The molecule has 0 saturated carbocycles. The molecule has 0 amide bonds. The average molecular weight is 259 g/mol. The number of hydrogen-bond acceptors (Lipinski definition) is 4. The maximum Gasteiger partial charge on any atom is 0.330 e. The summed E-state index contributed by atoms with van der Waals surface area (Å²) in [7, 11) is 0. The first-order valence-electron chi connectivity index (χ1n) is 5.68. The summed E-state index contributed by atoms with van der Waals surface area (Å²) in [5.41, 5.74) is 0.266. The number of carboxylic acid groups (broad SMARTS) is 1. The number of carbonyl (C=O) groups is 1.